The van der Waals surface area contributed by atoms with E-state index in [0.29, 0.717) is 11.1 Å². The highest BCUT2D eigenvalue weighted by Gasteiger charge is 2.46. The van der Waals surface area contributed by atoms with Gasteiger partial charge in [0.05, 0.1) is 6.61 Å². The summed E-state index contributed by atoms with van der Waals surface area (Å²) in [6, 6.07) is 0.0329. The molecule has 1 fully saturated rings. The highest BCUT2D eigenvalue weighted by Crippen LogP contribution is 2.41. The number of hydrogen-bond donors (Lipinski definition) is 9. The van der Waals surface area contributed by atoms with E-state index in [1.54, 1.807) is 0 Å². The summed E-state index contributed by atoms with van der Waals surface area (Å²) in [6.45, 7) is -1.07. The molecule has 4 rings (SSSR count). The number of rotatable bonds is 10. The predicted molar refractivity (Wildman–Crippen MR) is 138 cm³/mol. The Bertz CT molecular complexity index is 1460. The van der Waals surface area contributed by atoms with E-state index < -0.39 is 83.5 Å². The lowest BCUT2D eigenvalue weighted by Crippen LogP contribution is -2.60. The van der Waals surface area contributed by atoms with Crippen molar-refractivity contribution in [2.75, 3.05) is 18.1 Å². The number of aliphatic carboxylic acids is 3. The van der Waals surface area contributed by atoms with Crippen LogP contribution in [-0.4, -0.2) is 123 Å². The van der Waals surface area contributed by atoms with Gasteiger partial charge in [0, 0.05) is 31.1 Å². The van der Waals surface area contributed by atoms with Crippen LogP contribution in [0.25, 0.3) is 0 Å². The van der Waals surface area contributed by atoms with Gasteiger partial charge in [-0.3, -0.25) is 4.55 Å². The van der Waals surface area contributed by atoms with Gasteiger partial charge < -0.3 is 55.4 Å². The van der Waals surface area contributed by atoms with Gasteiger partial charge in [-0.15, -0.1) is 0 Å². The Balaban J connectivity index is 1.57. The molecule has 18 nitrogen and oxygen atoms in total. The minimum absolute atomic E-state index is 0.0802. The number of fused-ring (bicyclic) bond motifs is 1. The van der Waals surface area contributed by atoms with Crippen LogP contribution in [0.4, 0.5) is 5.69 Å². The summed E-state index contributed by atoms with van der Waals surface area (Å²) in [4.78, 5) is 36.3. The number of carbonyl (C=O) groups is 3. The number of aliphatic hydroxyl groups excluding tert-OH is 3. The maximum absolute atomic E-state index is 12.1. The monoisotopic (exact) mass is 632 g/mol. The first-order valence-corrected chi connectivity index (χ1v) is 13.9. The lowest BCUT2D eigenvalue weighted by Gasteiger charge is -2.39. The van der Waals surface area contributed by atoms with Crippen LogP contribution in [-0.2, 0) is 40.1 Å². The molecule has 3 aliphatic rings. The average molecular weight is 633 g/mol. The van der Waals surface area contributed by atoms with Crippen molar-refractivity contribution in [2.24, 2.45) is 0 Å². The largest absolute Gasteiger partial charge is 0.504 e. The second kappa shape index (κ2) is 12.3. The number of phenolic OH excluding ortho intramolecular Hbond substituents is 1. The molecule has 0 amide bonds. The van der Waals surface area contributed by atoms with Crippen LogP contribution in [0.2, 0.25) is 0 Å². The van der Waals surface area contributed by atoms with Crippen molar-refractivity contribution in [3.8, 4) is 11.5 Å². The molecule has 236 valence electrons. The number of nitrogens with one attached hydrogen (secondary N) is 1. The number of carboxylic acids is 3. The first kappa shape index (κ1) is 31.9. The van der Waals surface area contributed by atoms with Crippen LogP contribution in [0.1, 0.15) is 12.0 Å². The van der Waals surface area contributed by atoms with E-state index in [1.165, 1.54) is 23.1 Å². The van der Waals surface area contributed by atoms with Gasteiger partial charge in [-0.1, -0.05) is 6.08 Å². The molecule has 0 spiro atoms. The molecular weight excluding hydrogens is 604 g/mol. The van der Waals surface area contributed by atoms with Gasteiger partial charge in [0.25, 0.3) is 0 Å². The standard InChI is InChI=1S/C24H28N2O16S/c27-15-7-13-10(6-16(15)41-24-20(30)19(29)18(28)17(42-24)8-40-43(37,38)39)5-14(23(35)36)26(13)2-1-9-3-11(21(31)32)25-12(4-9)22(33)34/h1,3,6-7,12,14,17-20,24-25,27-30H,2,4-5,8H2,(H,31,32)(H,33,34)(H,35,36)(H,37,38,39)/b9-1+/t12-,14+,17-,18-,19+,20-,24-/m1/s1. The fourth-order valence-electron chi connectivity index (χ4n) is 4.88. The Hall–Kier alpha value is -3.98. The van der Waals surface area contributed by atoms with Crippen LogP contribution in [0.3, 0.4) is 0 Å². The van der Waals surface area contributed by atoms with Crippen LogP contribution < -0.4 is 15.0 Å². The van der Waals surface area contributed by atoms with Crippen LogP contribution in [0, 0.1) is 0 Å². The molecule has 0 unspecified atom stereocenters. The van der Waals surface area contributed by atoms with Gasteiger partial charge in [0.2, 0.25) is 6.29 Å². The van der Waals surface area contributed by atoms with E-state index in [-0.39, 0.29) is 36.5 Å². The predicted octanol–water partition coefficient (Wildman–Crippen LogP) is -2.44. The molecule has 0 saturated carbocycles. The van der Waals surface area contributed by atoms with Crippen molar-refractivity contribution in [1.82, 2.24) is 5.32 Å². The average Bonchev–Trinajstić information content (AvgIpc) is 3.28. The van der Waals surface area contributed by atoms with E-state index in [9.17, 15) is 58.5 Å². The third-order valence-electron chi connectivity index (χ3n) is 7.02. The third-order valence-corrected chi connectivity index (χ3v) is 7.45. The van der Waals surface area contributed by atoms with Gasteiger partial charge in [-0.25, -0.2) is 18.6 Å². The molecule has 0 aromatic heterocycles. The first-order chi connectivity index (χ1) is 20.1. The molecule has 0 radical (unpaired) electrons. The zero-order valence-corrected chi connectivity index (χ0v) is 22.7. The number of nitrogens with zero attached hydrogens (tertiary/aromatic N) is 1. The maximum Gasteiger partial charge on any atom is 0.397 e. The van der Waals surface area contributed by atoms with Crippen LogP contribution >= 0.6 is 0 Å². The van der Waals surface area contributed by atoms with Gasteiger partial charge in [-0.2, -0.15) is 8.42 Å². The highest BCUT2D eigenvalue weighted by molar-refractivity contribution is 7.80. The van der Waals surface area contributed by atoms with Crippen molar-refractivity contribution >= 4 is 34.0 Å². The van der Waals surface area contributed by atoms with Crippen LogP contribution in [0.5, 0.6) is 11.5 Å². The Kier molecular flexibility index (Phi) is 9.16. The summed E-state index contributed by atoms with van der Waals surface area (Å²) < 4.78 is 45.5. The van der Waals surface area contributed by atoms with Gasteiger partial charge >= 0.3 is 28.3 Å². The Morgan fingerprint density at radius 1 is 1.05 bits per heavy atom. The molecule has 7 atom stereocenters. The van der Waals surface area contributed by atoms with Crippen molar-refractivity contribution in [3.63, 3.8) is 0 Å². The van der Waals surface area contributed by atoms with Gasteiger partial charge in [0.15, 0.2) is 11.5 Å². The van der Waals surface area contributed by atoms with Crippen LogP contribution in [0.15, 0.2) is 35.6 Å². The number of phenols is 1. The number of anilines is 1. The minimum Gasteiger partial charge on any atom is -0.504 e. The number of ether oxygens (including phenoxy) is 2. The lowest BCUT2D eigenvalue weighted by molar-refractivity contribution is -0.276. The molecule has 1 saturated heterocycles. The van der Waals surface area contributed by atoms with E-state index in [2.05, 4.69) is 9.50 Å². The molecule has 0 aliphatic carbocycles. The van der Waals surface area contributed by atoms with Gasteiger partial charge in [-0.05, 0) is 23.3 Å². The number of allylic oxidation sites excluding steroid dienone is 1. The number of aromatic hydroxyl groups is 1. The summed E-state index contributed by atoms with van der Waals surface area (Å²) in [5, 5.41) is 72.1. The third kappa shape index (κ3) is 7.16. The second-order valence-corrected chi connectivity index (χ2v) is 11.0. The van der Waals surface area contributed by atoms with Gasteiger partial charge in [0.1, 0.15) is 42.2 Å². The zero-order chi connectivity index (χ0) is 31.8. The van der Waals surface area contributed by atoms with Crippen molar-refractivity contribution in [1.29, 1.82) is 0 Å². The van der Waals surface area contributed by atoms with Crippen molar-refractivity contribution in [3.05, 3.63) is 41.1 Å². The highest BCUT2D eigenvalue weighted by atomic mass is 32.3. The van der Waals surface area contributed by atoms with E-state index in [4.69, 9.17) is 14.0 Å². The van der Waals surface area contributed by atoms with Crippen molar-refractivity contribution < 1.29 is 76.8 Å². The molecule has 19 heteroatoms. The summed E-state index contributed by atoms with van der Waals surface area (Å²) in [5.41, 5.74) is 0.575. The number of benzene rings is 1. The minimum atomic E-state index is -4.94. The van der Waals surface area contributed by atoms with E-state index >= 15 is 0 Å². The topological polar surface area (TPSA) is 290 Å². The summed E-state index contributed by atoms with van der Waals surface area (Å²) in [5.74, 6) is -4.80. The first-order valence-electron chi connectivity index (χ1n) is 12.5. The zero-order valence-electron chi connectivity index (χ0n) is 21.9. The fourth-order valence-corrected chi connectivity index (χ4v) is 5.18. The number of carboxylic acid groups (broad SMARTS) is 3. The second-order valence-electron chi connectivity index (χ2n) is 9.89. The normalized spacial score (nSPS) is 29.9. The molecular formula is C24H28N2O16S. The quantitative estimate of drug-likeness (QED) is 0.121. The van der Waals surface area contributed by atoms with E-state index in [0.717, 1.165) is 6.07 Å². The molecule has 43 heavy (non-hydrogen) atoms. The summed E-state index contributed by atoms with van der Waals surface area (Å²) >= 11 is 0. The maximum atomic E-state index is 12.1. The number of hydrogen-bond acceptors (Lipinski definition) is 14. The molecule has 3 aliphatic heterocycles. The smallest absolute Gasteiger partial charge is 0.397 e. The molecule has 3 heterocycles. The molecule has 1 aromatic carbocycles. The molecule has 1 aromatic rings. The van der Waals surface area contributed by atoms with E-state index in [1.807, 2.05) is 0 Å². The van der Waals surface area contributed by atoms with Crippen molar-refractivity contribution in [2.45, 2.75) is 55.6 Å². The summed E-state index contributed by atoms with van der Waals surface area (Å²) in [6.07, 6.45) is -6.53. The Morgan fingerprint density at radius 2 is 1.74 bits per heavy atom. The molecule has 0 bridgehead atoms. The number of aliphatic hydroxyl groups is 3. The fraction of sp³-hybridized carbons (Fsp3) is 0.458. The molecule has 9 N–H and O–H groups in total. The Morgan fingerprint density at radius 3 is 2.35 bits per heavy atom. The lowest BCUT2D eigenvalue weighted by atomic mass is 9.99. The Labute approximate surface area is 242 Å². The summed E-state index contributed by atoms with van der Waals surface area (Å²) in [7, 11) is -4.94. The SMILES string of the molecule is O=C(O)C1=C/C(=C\CN2c3cc(O)c(O[C@@H]4O[C@H](COS(=O)(=O)O)[C@@H](O)[C@H](O)[C@H]4O)cc3C[C@H]2C(=O)O)C[C@H](C(=O)O)N1.